The number of benzene rings is 1. The van der Waals surface area contributed by atoms with Gasteiger partial charge < -0.3 is 9.57 Å². The molecule has 0 aromatic heterocycles. The monoisotopic (exact) mass is 223 g/mol. The fourth-order valence-corrected chi connectivity index (χ4v) is 1.80. The van der Waals surface area contributed by atoms with Crippen LogP contribution in [0.5, 0.6) is 0 Å². The lowest BCUT2D eigenvalue weighted by Crippen LogP contribution is -2.15. The van der Waals surface area contributed by atoms with Crippen molar-refractivity contribution in [2.24, 2.45) is 5.16 Å². The molecule has 3 nitrogen and oxygen atoms in total. The second-order valence-corrected chi connectivity index (χ2v) is 4.20. The van der Waals surface area contributed by atoms with Gasteiger partial charge >= 0.3 is 0 Å². The summed E-state index contributed by atoms with van der Waals surface area (Å²) in [6, 6.07) is 7.64. The van der Waals surface area contributed by atoms with Gasteiger partial charge in [0, 0.05) is 11.4 Å². The SMILES string of the molecule is Clc1ccc(C2=NO[C@H]([C@@H]3CO3)C2)cc1. The second kappa shape index (κ2) is 3.51. The smallest absolute Gasteiger partial charge is 0.161 e. The van der Waals surface area contributed by atoms with Gasteiger partial charge in [-0.2, -0.15) is 0 Å². The zero-order valence-corrected chi connectivity index (χ0v) is 8.78. The Morgan fingerprint density at radius 1 is 1.20 bits per heavy atom. The van der Waals surface area contributed by atoms with Crippen LogP contribution in [0, 0.1) is 0 Å². The Kier molecular flexibility index (Phi) is 2.15. The van der Waals surface area contributed by atoms with Gasteiger partial charge in [-0.15, -0.1) is 0 Å². The van der Waals surface area contributed by atoms with E-state index in [0.717, 1.165) is 29.3 Å². The van der Waals surface area contributed by atoms with Crippen LogP contribution >= 0.6 is 11.6 Å². The van der Waals surface area contributed by atoms with E-state index < -0.39 is 0 Å². The Labute approximate surface area is 92.6 Å². The number of rotatable bonds is 2. The van der Waals surface area contributed by atoms with Gasteiger partial charge in [0.15, 0.2) is 6.10 Å². The molecule has 0 radical (unpaired) electrons. The summed E-state index contributed by atoms with van der Waals surface area (Å²) in [7, 11) is 0. The Morgan fingerprint density at radius 2 is 1.93 bits per heavy atom. The minimum atomic E-state index is 0.107. The van der Waals surface area contributed by atoms with Gasteiger partial charge in [-0.1, -0.05) is 28.9 Å². The van der Waals surface area contributed by atoms with E-state index in [-0.39, 0.29) is 12.2 Å². The van der Waals surface area contributed by atoms with Gasteiger partial charge in [0.25, 0.3) is 0 Å². The van der Waals surface area contributed by atoms with Crippen LogP contribution in [-0.4, -0.2) is 24.5 Å². The van der Waals surface area contributed by atoms with Crippen LogP contribution in [0.1, 0.15) is 12.0 Å². The molecule has 0 N–H and O–H groups in total. The van der Waals surface area contributed by atoms with Gasteiger partial charge in [-0.3, -0.25) is 0 Å². The summed E-state index contributed by atoms with van der Waals surface area (Å²) in [4.78, 5) is 5.30. The zero-order valence-electron chi connectivity index (χ0n) is 8.02. The first-order valence-electron chi connectivity index (χ1n) is 4.93. The van der Waals surface area contributed by atoms with Crippen LogP contribution in [-0.2, 0) is 9.57 Å². The summed E-state index contributed by atoms with van der Waals surface area (Å²) in [5.41, 5.74) is 2.05. The number of oxime groups is 1. The van der Waals surface area contributed by atoms with E-state index in [1.165, 1.54) is 0 Å². The Balaban J connectivity index is 1.75. The van der Waals surface area contributed by atoms with Crippen molar-refractivity contribution >= 4 is 17.3 Å². The maximum atomic E-state index is 5.82. The number of epoxide rings is 1. The first kappa shape index (κ1) is 9.19. The van der Waals surface area contributed by atoms with E-state index in [1.807, 2.05) is 24.3 Å². The van der Waals surface area contributed by atoms with E-state index in [4.69, 9.17) is 21.2 Å². The number of halogens is 1. The first-order valence-corrected chi connectivity index (χ1v) is 5.31. The van der Waals surface area contributed by atoms with Crippen LogP contribution in [0.4, 0.5) is 0 Å². The highest BCUT2D eigenvalue weighted by Gasteiger charge is 2.38. The van der Waals surface area contributed by atoms with Crippen molar-refractivity contribution in [2.45, 2.75) is 18.6 Å². The molecule has 0 unspecified atom stereocenters. The van der Waals surface area contributed by atoms with Gasteiger partial charge in [0.1, 0.15) is 6.10 Å². The molecule has 0 bridgehead atoms. The predicted molar refractivity (Wildman–Crippen MR) is 57.2 cm³/mol. The predicted octanol–water partition coefficient (Wildman–Crippen LogP) is 2.23. The van der Waals surface area contributed by atoms with Crippen molar-refractivity contribution in [3.8, 4) is 0 Å². The fourth-order valence-electron chi connectivity index (χ4n) is 1.68. The second-order valence-electron chi connectivity index (χ2n) is 3.76. The summed E-state index contributed by atoms with van der Waals surface area (Å²) in [5, 5.41) is 4.81. The zero-order chi connectivity index (χ0) is 10.3. The van der Waals surface area contributed by atoms with E-state index in [0.29, 0.717) is 0 Å². The van der Waals surface area contributed by atoms with Crippen molar-refractivity contribution in [3.63, 3.8) is 0 Å². The molecule has 1 aromatic carbocycles. The maximum Gasteiger partial charge on any atom is 0.161 e. The van der Waals surface area contributed by atoms with Crippen LogP contribution in [0.3, 0.4) is 0 Å². The molecule has 0 amide bonds. The van der Waals surface area contributed by atoms with Crippen LogP contribution in [0.25, 0.3) is 0 Å². The third-order valence-corrected chi connectivity index (χ3v) is 2.90. The van der Waals surface area contributed by atoms with E-state index in [1.54, 1.807) is 0 Å². The van der Waals surface area contributed by atoms with E-state index >= 15 is 0 Å². The van der Waals surface area contributed by atoms with Gasteiger partial charge in [0.05, 0.1) is 12.3 Å². The van der Waals surface area contributed by atoms with Crippen molar-refractivity contribution in [3.05, 3.63) is 34.9 Å². The average Bonchev–Trinajstić information content (AvgIpc) is 2.99. The molecule has 1 saturated heterocycles. The summed E-state index contributed by atoms with van der Waals surface area (Å²) >= 11 is 5.82. The molecule has 1 fully saturated rings. The average molecular weight is 224 g/mol. The summed E-state index contributed by atoms with van der Waals surface area (Å²) in [5.74, 6) is 0. The number of nitrogens with zero attached hydrogens (tertiary/aromatic N) is 1. The molecule has 2 atom stereocenters. The molecule has 2 heterocycles. The molecule has 2 aliphatic rings. The molecular weight excluding hydrogens is 214 g/mol. The van der Waals surface area contributed by atoms with E-state index in [2.05, 4.69) is 5.16 Å². The van der Waals surface area contributed by atoms with Gasteiger partial charge in [-0.05, 0) is 17.7 Å². The molecule has 15 heavy (non-hydrogen) atoms. The first-order chi connectivity index (χ1) is 7.33. The van der Waals surface area contributed by atoms with Crippen molar-refractivity contribution in [1.82, 2.24) is 0 Å². The van der Waals surface area contributed by atoms with Crippen LogP contribution < -0.4 is 0 Å². The Hall–Kier alpha value is -1.06. The largest absolute Gasteiger partial charge is 0.389 e. The molecule has 0 aliphatic carbocycles. The number of hydrogen-bond acceptors (Lipinski definition) is 3. The molecule has 1 aromatic rings. The quantitative estimate of drug-likeness (QED) is 0.721. The summed E-state index contributed by atoms with van der Waals surface area (Å²) in [6.07, 6.45) is 1.18. The number of ether oxygens (including phenoxy) is 1. The molecule has 78 valence electrons. The van der Waals surface area contributed by atoms with Crippen LogP contribution in [0.2, 0.25) is 5.02 Å². The highest BCUT2D eigenvalue weighted by Crippen LogP contribution is 2.26. The van der Waals surface area contributed by atoms with Crippen molar-refractivity contribution in [1.29, 1.82) is 0 Å². The number of hydrogen-bond donors (Lipinski definition) is 0. The molecule has 0 spiro atoms. The molecule has 4 heteroatoms. The van der Waals surface area contributed by atoms with Crippen molar-refractivity contribution < 1.29 is 9.57 Å². The van der Waals surface area contributed by atoms with E-state index in [9.17, 15) is 0 Å². The van der Waals surface area contributed by atoms with Crippen LogP contribution in [0.15, 0.2) is 29.4 Å². The highest BCUT2D eigenvalue weighted by atomic mass is 35.5. The lowest BCUT2D eigenvalue weighted by Gasteiger charge is -2.02. The topological polar surface area (TPSA) is 34.1 Å². The standard InChI is InChI=1S/C11H10ClNO2/c12-8-3-1-7(2-4-8)9-5-10(15-13-9)11-6-14-11/h1-4,10-11H,5-6H2/t10-,11-/m0/s1. The molecular formula is C11H10ClNO2. The molecule has 3 rings (SSSR count). The molecule has 2 aliphatic heterocycles. The lowest BCUT2D eigenvalue weighted by atomic mass is 10.0. The van der Waals surface area contributed by atoms with Crippen molar-refractivity contribution in [2.75, 3.05) is 6.61 Å². The Morgan fingerprint density at radius 3 is 2.60 bits per heavy atom. The molecule has 0 saturated carbocycles. The maximum absolute atomic E-state index is 5.82. The summed E-state index contributed by atoms with van der Waals surface area (Å²) < 4.78 is 5.18. The minimum Gasteiger partial charge on any atom is -0.389 e. The normalized spacial score (nSPS) is 28.5. The third kappa shape index (κ3) is 1.85. The summed E-state index contributed by atoms with van der Waals surface area (Å²) in [6.45, 7) is 0.800. The highest BCUT2D eigenvalue weighted by molar-refractivity contribution is 6.30. The fraction of sp³-hybridized carbons (Fsp3) is 0.364. The van der Waals surface area contributed by atoms with Gasteiger partial charge in [-0.25, -0.2) is 0 Å². The minimum absolute atomic E-state index is 0.107. The Bertz CT molecular complexity index is 398. The van der Waals surface area contributed by atoms with Gasteiger partial charge in [0.2, 0.25) is 0 Å². The third-order valence-electron chi connectivity index (χ3n) is 2.64. The lowest BCUT2D eigenvalue weighted by molar-refractivity contribution is 0.0627.